The standard InChI is InChI=1S/C12H13N3O2S/c16-9-15(12-13-5-8-18-12)11-4-3-10(17-11)14-6-1-2-7-14/h3-5,8-9H,1-2,6-7H2. The fourth-order valence-corrected chi connectivity index (χ4v) is 2.69. The average molecular weight is 263 g/mol. The van der Waals surface area contributed by atoms with Crippen LogP contribution in [0.25, 0.3) is 0 Å². The first-order valence-electron chi connectivity index (χ1n) is 5.87. The molecule has 18 heavy (non-hydrogen) atoms. The van der Waals surface area contributed by atoms with Crippen LogP contribution in [-0.2, 0) is 4.79 Å². The molecule has 0 N–H and O–H groups in total. The van der Waals surface area contributed by atoms with Gasteiger partial charge in [-0.25, -0.2) is 9.88 Å². The molecule has 94 valence electrons. The Hall–Kier alpha value is -1.82. The third kappa shape index (κ3) is 1.99. The van der Waals surface area contributed by atoms with Gasteiger partial charge in [-0.15, -0.1) is 11.3 Å². The molecular formula is C12H13N3O2S. The van der Waals surface area contributed by atoms with Crippen LogP contribution in [-0.4, -0.2) is 24.5 Å². The van der Waals surface area contributed by atoms with Crippen LogP contribution in [0.5, 0.6) is 0 Å². The third-order valence-corrected chi connectivity index (χ3v) is 3.73. The second-order valence-corrected chi connectivity index (χ2v) is 4.97. The van der Waals surface area contributed by atoms with E-state index < -0.39 is 0 Å². The van der Waals surface area contributed by atoms with Crippen LogP contribution >= 0.6 is 11.3 Å². The first-order valence-corrected chi connectivity index (χ1v) is 6.75. The number of thiazole rings is 1. The van der Waals surface area contributed by atoms with E-state index in [1.165, 1.54) is 29.1 Å². The molecule has 1 aliphatic heterocycles. The number of hydrogen-bond acceptors (Lipinski definition) is 5. The van der Waals surface area contributed by atoms with Gasteiger partial charge in [-0.2, -0.15) is 0 Å². The van der Waals surface area contributed by atoms with E-state index in [1.807, 2.05) is 17.5 Å². The molecule has 1 fully saturated rings. The number of aromatic nitrogens is 1. The molecule has 3 heterocycles. The molecule has 0 atom stereocenters. The molecule has 3 rings (SSSR count). The van der Waals surface area contributed by atoms with Crippen molar-refractivity contribution in [2.45, 2.75) is 12.8 Å². The number of furan rings is 1. The quantitative estimate of drug-likeness (QED) is 0.796. The summed E-state index contributed by atoms with van der Waals surface area (Å²) in [5.74, 6) is 1.34. The van der Waals surface area contributed by atoms with Crippen molar-refractivity contribution in [3.8, 4) is 0 Å². The fraction of sp³-hybridized carbons (Fsp3) is 0.333. The molecule has 1 amide bonds. The lowest BCUT2D eigenvalue weighted by Gasteiger charge is -2.14. The second kappa shape index (κ2) is 4.81. The van der Waals surface area contributed by atoms with E-state index in [0.29, 0.717) is 11.0 Å². The molecule has 0 bridgehead atoms. The minimum Gasteiger partial charge on any atom is -0.424 e. The maximum Gasteiger partial charge on any atom is 0.222 e. The summed E-state index contributed by atoms with van der Waals surface area (Å²) in [4.78, 5) is 18.9. The molecular weight excluding hydrogens is 250 g/mol. The number of amides is 1. The van der Waals surface area contributed by atoms with Crippen molar-refractivity contribution < 1.29 is 9.21 Å². The van der Waals surface area contributed by atoms with E-state index in [-0.39, 0.29) is 0 Å². The zero-order chi connectivity index (χ0) is 12.4. The van der Waals surface area contributed by atoms with E-state index in [0.717, 1.165) is 25.4 Å². The topological polar surface area (TPSA) is 49.6 Å². The molecule has 2 aromatic heterocycles. The van der Waals surface area contributed by atoms with Crippen molar-refractivity contribution in [3.05, 3.63) is 23.7 Å². The molecule has 0 saturated carbocycles. The van der Waals surface area contributed by atoms with Crippen LogP contribution in [0.4, 0.5) is 16.9 Å². The highest BCUT2D eigenvalue weighted by Crippen LogP contribution is 2.31. The van der Waals surface area contributed by atoms with E-state index in [4.69, 9.17) is 4.42 Å². The number of carbonyl (C=O) groups excluding carboxylic acids is 1. The van der Waals surface area contributed by atoms with E-state index in [9.17, 15) is 4.79 Å². The normalized spacial score (nSPS) is 15.0. The lowest BCUT2D eigenvalue weighted by molar-refractivity contribution is -0.107. The zero-order valence-corrected chi connectivity index (χ0v) is 10.6. The first kappa shape index (κ1) is 11.3. The van der Waals surface area contributed by atoms with Gasteiger partial charge in [-0.05, 0) is 12.8 Å². The molecule has 1 aliphatic rings. The smallest absolute Gasteiger partial charge is 0.222 e. The summed E-state index contributed by atoms with van der Waals surface area (Å²) in [7, 11) is 0. The molecule has 2 aromatic rings. The van der Waals surface area contributed by atoms with Gasteiger partial charge in [0.25, 0.3) is 0 Å². The van der Waals surface area contributed by atoms with Gasteiger partial charge in [0.2, 0.25) is 12.3 Å². The van der Waals surface area contributed by atoms with E-state index in [1.54, 1.807) is 6.20 Å². The number of anilines is 3. The Morgan fingerprint density at radius 1 is 1.39 bits per heavy atom. The molecule has 0 radical (unpaired) electrons. The number of carbonyl (C=O) groups is 1. The Morgan fingerprint density at radius 2 is 2.22 bits per heavy atom. The van der Waals surface area contributed by atoms with Gasteiger partial charge in [0, 0.05) is 36.8 Å². The maximum atomic E-state index is 11.2. The highest BCUT2D eigenvalue weighted by molar-refractivity contribution is 7.13. The fourth-order valence-electron chi connectivity index (χ4n) is 2.08. The molecule has 0 aromatic carbocycles. The van der Waals surface area contributed by atoms with Crippen LogP contribution in [0, 0.1) is 0 Å². The summed E-state index contributed by atoms with van der Waals surface area (Å²) in [6.07, 6.45) is 4.78. The first-order chi connectivity index (χ1) is 8.88. The van der Waals surface area contributed by atoms with E-state index in [2.05, 4.69) is 9.88 Å². The molecule has 0 unspecified atom stereocenters. The van der Waals surface area contributed by atoms with Crippen molar-refractivity contribution >= 4 is 34.6 Å². The molecule has 1 saturated heterocycles. The second-order valence-electron chi connectivity index (χ2n) is 4.10. The summed E-state index contributed by atoms with van der Waals surface area (Å²) in [6.45, 7) is 2.04. The average Bonchev–Trinajstić information content (AvgIpc) is 3.13. The van der Waals surface area contributed by atoms with Crippen molar-refractivity contribution in [2.75, 3.05) is 22.9 Å². The lowest BCUT2D eigenvalue weighted by atomic mass is 10.4. The molecule has 0 aliphatic carbocycles. The summed E-state index contributed by atoms with van der Waals surface area (Å²) in [5, 5.41) is 2.45. The van der Waals surface area contributed by atoms with Gasteiger partial charge in [0.1, 0.15) is 0 Å². The van der Waals surface area contributed by atoms with Crippen molar-refractivity contribution in [1.82, 2.24) is 4.98 Å². The van der Waals surface area contributed by atoms with Crippen LogP contribution in [0.15, 0.2) is 28.1 Å². The largest absolute Gasteiger partial charge is 0.424 e. The van der Waals surface area contributed by atoms with Crippen LogP contribution in [0.2, 0.25) is 0 Å². The van der Waals surface area contributed by atoms with E-state index >= 15 is 0 Å². The monoisotopic (exact) mass is 263 g/mol. The van der Waals surface area contributed by atoms with Crippen molar-refractivity contribution in [3.63, 3.8) is 0 Å². The number of nitrogens with zero attached hydrogens (tertiary/aromatic N) is 3. The summed E-state index contributed by atoms with van der Waals surface area (Å²) in [5.41, 5.74) is 0. The van der Waals surface area contributed by atoms with Crippen molar-refractivity contribution in [2.24, 2.45) is 0 Å². The summed E-state index contributed by atoms with van der Waals surface area (Å²) < 4.78 is 5.73. The minimum atomic E-state index is 0.516. The molecule has 0 spiro atoms. The highest BCUT2D eigenvalue weighted by atomic mass is 32.1. The third-order valence-electron chi connectivity index (χ3n) is 2.96. The van der Waals surface area contributed by atoms with Gasteiger partial charge in [-0.3, -0.25) is 4.79 Å². The Bertz CT molecular complexity index is 517. The highest BCUT2D eigenvalue weighted by Gasteiger charge is 2.19. The predicted molar refractivity (Wildman–Crippen MR) is 70.5 cm³/mol. The summed E-state index contributed by atoms with van der Waals surface area (Å²) >= 11 is 1.40. The Labute approximate surface area is 109 Å². The maximum absolute atomic E-state index is 11.2. The van der Waals surface area contributed by atoms with Crippen molar-refractivity contribution in [1.29, 1.82) is 0 Å². The minimum absolute atomic E-state index is 0.516. The van der Waals surface area contributed by atoms with Gasteiger partial charge in [-0.1, -0.05) is 0 Å². The Morgan fingerprint density at radius 3 is 2.89 bits per heavy atom. The van der Waals surface area contributed by atoms with Gasteiger partial charge in [0.05, 0.1) is 0 Å². The Kier molecular flexibility index (Phi) is 3.02. The van der Waals surface area contributed by atoms with Crippen LogP contribution in [0.1, 0.15) is 12.8 Å². The molecule has 6 heteroatoms. The SMILES string of the molecule is O=CN(c1ccc(N2CCCC2)o1)c1nccs1. The number of rotatable bonds is 4. The zero-order valence-electron chi connectivity index (χ0n) is 9.78. The Balaban J connectivity index is 1.85. The summed E-state index contributed by atoms with van der Waals surface area (Å²) in [6, 6.07) is 3.72. The number of hydrogen-bond donors (Lipinski definition) is 0. The van der Waals surface area contributed by atoms with Gasteiger partial charge < -0.3 is 9.32 Å². The van der Waals surface area contributed by atoms with Gasteiger partial charge in [0.15, 0.2) is 11.0 Å². The lowest BCUT2D eigenvalue weighted by Crippen LogP contribution is -2.17. The molecule has 5 nitrogen and oxygen atoms in total. The predicted octanol–water partition coefficient (Wildman–Crippen LogP) is 2.63. The van der Waals surface area contributed by atoms with Crippen LogP contribution in [0.3, 0.4) is 0 Å². The van der Waals surface area contributed by atoms with Crippen LogP contribution < -0.4 is 9.80 Å². The van der Waals surface area contributed by atoms with Gasteiger partial charge >= 0.3 is 0 Å².